The number of hydrogen-bond donors (Lipinski definition) is 1. The third kappa shape index (κ3) is 4.07. The normalized spacial score (nSPS) is 10.8. The lowest BCUT2D eigenvalue weighted by Gasteiger charge is -2.11. The largest absolute Gasteiger partial charge is 0.465 e. The van der Waals surface area contributed by atoms with Crippen LogP contribution in [-0.4, -0.2) is 23.6 Å². The van der Waals surface area contributed by atoms with Crippen molar-refractivity contribution in [2.24, 2.45) is 0 Å². The zero-order chi connectivity index (χ0) is 20.2. The van der Waals surface area contributed by atoms with Crippen molar-refractivity contribution in [3.8, 4) is 0 Å². The molecule has 5 nitrogen and oxygen atoms in total. The summed E-state index contributed by atoms with van der Waals surface area (Å²) < 4.78 is 7.88. The van der Waals surface area contributed by atoms with Crippen LogP contribution in [0.25, 0.3) is 10.2 Å². The molecule has 2 aromatic carbocycles. The molecule has 1 amide bonds. The zero-order valence-electron chi connectivity index (χ0n) is 15.9. The minimum absolute atomic E-state index is 0.205. The van der Waals surface area contributed by atoms with Gasteiger partial charge in [-0.25, -0.2) is 4.79 Å². The fraction of sp³-hybridized carbons (Fsp3) is 0.130. The zero-order valence-corrected chi connectivity index (χ0v) is 16.7. The summed E-state index contributed by atoms with van der Waals surface area (Å²) in [6.45, 7) is 0.704. The molecule has 146 valence electrons. The maximum absolute atomic E-state index is 13.0. The monoisotopic (exact) mass is 404 g/mol. The summed E-state index contributed by atoms with van der Waals surface area (Å²) in [5, 5.41) is 4.94. The lowest BCUT2D eigenvalue weighted by atomic mass is 10.1. The molecule has 0 atom stereocenters. The molecule has 1 N–H and O–H groups in total. The topological polar surface area (TPSA) is 60.3 Å². The highest BCUT2D eigenvalue weighted by molar-refractivity contribution is 7.17. The molecule has 0 unspecified atom stereocenters. The van der Waals surface area contributed by atoms with Gasteiger partial charge in [0.1, 0.15) is 5.69 Å². The Bertz CT molecular complexity index is 1160. The van der Waals surface area contributed by atoms with Crippen LogP contribution in [0.1, 0.15) is 26.4 Å². The Labute approximate surface area is 172 Å². The number of nitrogens with one attached hydrogen (secondary N) is 1. The van der Waals surface area contributed by atoms with Gasteiger partial charge in [0, 0.05) is 12.2 Å². The molecule has 2 heterocycles. The molecule has 29 heavy (non-hydrogen) atoms. The van der Waals surface area contributed by atoms with Crippen LogP contribution in [-0.2, 0) is 17.7 Å². The second kappa shape index (κ2) is 8.32. The molecule has 6 heteroatoms. The van der Waals surface area contributed by atoms with Gasteiger partial charge in [-0.3, -0.25) is 4.79 Å². The van der Waals surface area contributed by atoms with E-state index in [0.29, 0.717) is 23.5 Å². The number of benzene rings is 2. The van der Waals surface area contributed by atoms with E-state index in [4.69, 9.17) is 4.74 Å². The number of amides is 1. The molecule has 0 saturated carbocycles. The summed E-state index contributed by atoms with van der Waals surface area (Å²) in [7, 11) is 1.33. The summed E-state index contributed by atoms with van der Waals surface area (Å²) in [6, 6.07) is 20.9. The predicted molar refractivity (Wildman–Crippen MR) is 116 cm³/mol. The average Bonchev–Trinajstić information content (AvgIpc) is 3.34. The average molecular weight is 404 g/mol. The van der Waals surface area contributed by atoms with Gasteiger partial charge < -0.3 is 14.6 Å². The third-order valence-corrected chi connectivity index (χ3v) is 5.62. The molecule has 0 saturated heterocycles. The number of carbonyl (C=O) groups is 2. The number of carbonyl (C=O) groups excluding carboxylic acids is 2. The second-order valence-electron chi connectivity index (χ2n) is 6.61. The van der Waals surface area contributed by atoms with E-state index in [2.05, 4.69) is 22.0 Å². The third-order valence-electron chi connectivity index (χ3n) is 4.76. The van der Waals surface area contributed by atoms with Crippen LogP contribution in [0.4, 0.5) is 5.69 Å². The molecule has 0 spiro atoms. The van der Waals surface area contributed by atoms with Crippen LogP contribution in [0.15, 0.2) is 72.1 Å². The van der Waals surface area contributed by atoms with E-state index in [1.54, 1.807) is 35.6 Å². The summed E-state index contributed by atoms with van der Waals surface area (Å²) in [4.78, 5) is 24.8. The molecular weight excluding hydrogens is 384 g/mol. The Balaban J connectivity index is 1.59. The standard InChI is InChI=1S/C23H20N2O3S/c1-28-23(27)17-8-5-9-18(14-17)24-22(26)20-15-21-19(11-13-29-21)25(20)12-10-16-6-3-2-4-7-16/h2-9,11,13-15H,10,12H2,1H3,(H,24,26). The number of methoxy groups -OCH3 is 1. The Kier molecular flexibility index (Phi) is 5.44. The fourth-order valence-electron chi connectivity index (χ4n) is 3.33. The van der Waals surface area contributed by atoms with E-state index in [1.165, 1.54) is 12.7 Å². The van der Waals surface area contributed by atoms with E-state index >= 15 is 0 Å². The molecule has 4 aromatic rings. The van der Waals surface area contributed by atoms with Crippen LogP contribution in [0.2, 0.25) is 0 Å². The quantitative estimate of drug-likeness (QED) is 0.461. The van der Waals surface area contributed by atoms with Crippen molar-refractivity contribution in [1.82, 2.24) is 4.57 Å². The molecule has 0 aliphatic heterocycles. The maximum atomic E-state index is 13.0. The van der Waals surface area contributed by atoms with Gasteiger partial charge in [0.05, 0.1) is 22.9 Å². The number of aryl methyl sites for hydroxylation is 2. The number of rotatable bonds is 6. The Morgan fingerprint density at radius 2 is 1.86 bits per heavy atom. The van der Waals surface area contributed by atoms with E-state index in [0.717, 1.165) is 16.6 Å². The van der Waals surface area contributed by atoms with Gasteiger partial charge in [0.2, 0.25) is 0 Å². The molecule has 2 aromatic heterocycles. The van der Waals surface area contributed by atoms with Crippen molar-refractivity contribution in [3.63, 3.8) is 0 Å². The van der Waals surface area contributed by atoms with Crippen molar-refractivity contribution in [1.29, 1.82) is 0 Å². The number of aromatic nitrogens is 1. The van der Waals surface area contributed by atoms with Crippen molar-refractivity contribution < 1.29 is 14.3 Å². The smallest absolute Gasteiger partial charge is 0.337 e. The van der Waals surface area contributed by atoms with Gasteiger partial charge in [-0.2, -0.15) is 0 Å². The summed E-state index contributed by atoms with van der Waals surface area (Å²) in [5.41, 5.74) is 3.83. The van der Waals surface area contributed by atoms with Gasteiger partial charge in [-0.05, 0) is 47.7 Å². The van der Waals surface area contributed by atoms with E-state index < -0.39 is 5.97 Å². The first-order valence-electron chi connectivity index (χ1n) is 9.26. The highest BCUT2D eigenvalue weighted by Crippen LogP contribution is 2.26. The Hall–Kier alpha value is -3.38. The second-order valence-corrected chi connectivity index (χ2v) is 7.56. The van der Waals surface area contributed by atoms with E-state index in [-0.39, 0.29) is 5.91 Å². The first-order chi connectivity index (χ1) is 14.2. The van der Waals surface area contributed by atoms with Crippen molar-refractivity contribution in [3.05, 3.63) is 88.9 Å². The molecule has 0 aliphatic carbocycles. The van der Waals surface area contributed by atoms with Crippen LogP contribution >= 0.6 is 11.3 Å². The molecular formula is C23H20N2O3S. The van der Waals surface area contributed by atoms with Gasteiger partial charge in [0.15, 0.2) is 0 Å². The summed E-state index contributed by atoms with van der Waals surface area (Å²) in [6.07, 6.45) is 0.832. The molecule has 4 rings (SSSR count). The first kappa shape index (κ1) is 19.0. The number of hydrogen-bond acceptors (Lipinski definition) is 4. The van der Waals surface area contributed by atoms with Crippen molar-refractivity contribution >= 4 is 39.1 Å². The summed E-state index contributed by atoms with van der Waals surface area (Å²) in [5.74, 6) is -0.642. The van der Waals surface area contributed by atoms with Crippen molar-refractivity contribution in [2.45, 2.75) is 13.0 Å². The minimum Gasteiger partial charge on any atom is -0.465 e. The number of nitrogens with zero attached hydrogens (tertiary/aromatic N) is 1. The van der Waals surface area contributed by atoms with Gasteiger partial charge >= 0.3 is 5.97 Å². The SMILES string of the molecule is COC(=O)c1cccc(NC(=O)c2cc3sccc3n2CCc2ccccc2)c1. The van der Waals surface area contributed by atoms with Crippen LogP contribution < -0.4 is 5.32 Å². The van der Waals surface area contributed by atoms with Gasteiger partial charge in [-0.15, -0.1) is 11.3 Å². The van der Waals surface area contributed by atoms with Crippen LogP contribution in [0.5, 0.6) is 0 Å². The summed E-state index contributed by atoms with van der Waals surface area (Å²) >= 11 is 1.62. The molecule has 0 radical (unpaired) electrons. The number of ether oxygens (including phenoxy) is 1. The molecule has 0 fully saturated rings. The number of anilines is 1. The van der Waals surface area contributed by atoms with E-state index in [9.17, 15) is 9.59 Å². The number of esters is 1. The molecule has 0 bridgehead atoms. The number of fused-ring (bicyclic) bond motifs is 1. The minimum atomic E-state index is -0.437. The van der Waals surface area contributed by atoms with Crippen LogP contribution in [0, 0.1) is 0 Å². The van der Waals surface area contributed by atoms with E-state index in [1.807, 2.05) is 35.7 Å². The molecule has 0 aliphatic rings. The maximum Gasteiger partial charge on any atom is 0.337 e. The van der Waals surface area contributed by atoms with Crippen LogP contribution in [0.3, 0.4) is 0 Å². The van der Waals surface area contributed by atoms with Crippen molar-refractivity contribution in [2.75, 3.05) is 12.4 Å². The lowest BCUT2D eigenvalue weighted by Crippen LogP contribution is -2.18. The fourth-order valence-corrected chi connectivity index (χ4v) is 4.15. The predicted octanol–water partition coefficient (Wildman–Crippen LogP) is 4.98. The number of thiophene rings is 1. The Morgan fingerprint density at radius 1 is 1.03 bits per heavy atom. The lowest BCUT2D eigenvalue weighted by molar-refractivity contribution is 0.0600. The van der Waals surface area contributed by atoms with Gasteiger partial charge in [-0.1, -0.05) is 36.4 Å². The Morgan fingerprint density at radius 3 is 2.66 bits per heavy atom. The van der Waals surface area contributed by atoms with Gasteiger partial charge in [0.25, 0.3) is 5.91 Å². The first-order valence-corrected chi connectivity index (χ1v) is 10.1. The highest BCUT2D eigenvalue weighted by Gasteiger charge is 2.17. The highest BCUT2D eigenvalue weighted by atomic mass is 32.1.